The first-order chi connectivity index (χ1) is 19.0. The maximum absolute atomic E-state index is 13.3. The third kappa shape index (κ3) is 7.51. The van der Waals surface area contributed by atoms with Gasteiger partial charge in [0.25, 0.3) is 5.91 Å². The molecule has 5 rings (SSSR count). The summed E-state index contributed by atoms with van der Waals surface area (Å²) in [7, 11) is 0. The van der Waals surface area contributed by atoms with Gasteiger partial charge in [0.15, 0.2) is 23.0 Å². The smallest absolute Gasteiger partial charge is 0.387 e. The molecule has 1 amide bonds. The average Bonchev–Trinajstić information content (AvgIpc) is 3.70. The van der Waals surface area contributed by atoms with Gasteiger partial charge in [-0.15, -0.1) is 0 Å². The zero-order valence-corrected chi connectivity index (χ0v) is 22.3. The number of halogens is 2. The van der Waals surface area contributed by atoms with Gasteiger partial charge in [-0.3, -0.25) is 14.7 Å². The molecule has 1 saturated heterocycles. The SMILES string of the molecule is CC.NCc1oc(-c2ccc(OC(F)F)c(OCC3CC3)c2)nc1C(=O)N1CCN(Cc2ccncc2)CC1. The van der Waals surface area contributed by atoms with Gasteiger partial charge in [-0.25, -0.2) is 4.98 Å². The molecule has 2 aliphatic rings. The predicted molar refractivity (Wildman–Crippen MR) is 141 cm³/mol. The van der Waals surface area contributed by atoms with Crippen LogP contribution in [-0.4, -0.2) is 65.1 Å². The number of pyridine rings is 1. The topological polar surface area (TPSA) is 107 Å². The second-order valence-corrected chi connectivity index (χ2v) is 9.21. The third-order valence-electron chi connectivity index (χ3n) is 6.48. The molecule has 1 aromatic carbocycles. The molecular formula is C28H35F2N5O4. The van der Waals surface area contributed by atoms with E-state index < -0.39 is 6.61 Å². The quantitative estimate of drug-likeness (QED) is 0.396. The summed E-state index contributed by atoms with van der Waals surface area (Å²) in [5.41, 5.74) is 7.68. The molecule has 2 fully saturated rings. The molecule has 0 spiro atoms. The van der Waals surface area contributed by atoms with Crippen molar-refractivity contribution in [3.05, 3.63) is 59.7 Å². The molecule has 0 unspecified atom stereocenters. The lowest BCUT2D eigenvalue weighted by atomic mass is 10.2. The molecule has 2 aromatic heterocycles. The minimum absolute atomic E-state index is 0.00625. The van der Waals surface area contributed by atoms with Crippen molar-refractivity contribution < 1.29 is 27.5 Å². The Labute approximate surface area is 226 Å². The number of ether oxygens (including phenoxy) is 2. The molecule has 0 radical (unpaired) electrons. The van der Waals surface area contributed by atoms with Crippen LogP contribution in [0.25, 0.3) is 11.5 Å². The number of alkyl halides is 2. The Morgan fingerprint density at radius 1 is 1.10 bits per heavy atom. The molecule has 9 nitrogen and oxygen atoms in total. The van der Waals surface area contributed by atoms with E-state index in [1.54, 1.807) is 29.4 Å². The molecule has 3 heterocycles. The predicted octanol–water partition coefficient (Wildman–Crippen LogP) is 4.57. The number of carbonyl (C=O) groups is 1. The Morgan fingerprint density at radius 2 is 1.82 bits per heavy atom. The lowest BCUT2D eigenvalue weighted by molar-refractivity contribution is -0.0515. The van der Waals surface area contributed by atoms with Gasteiger partial charge in [-0.05, 0) is 54.7 Å². The van der Waals surface area contributed by atoms with Crippen molar-refractivity contribution in [3.8, 4) is 23.0 Å². The number of aromatic nitrogens is 2. The van der Waals surface area contributed by atoms with E-state index in [-0.39, 0.29) is 41.3 Å². The van der Waals surface area contributed by atoms with E-state index >= 15 is 0 Å². The summed E-state index contributed by atoms with van der Waals surface area (Å²) in [5, 5.41) is 0. The average molecular weight is 544 g/mol. The molecule has 2 N–H and O–H groups in total. The molecule has 1 saturated carbocycles. The highest BCUT2D eigenvalue weighted by atomic mass is 19.3. The van der Waals surface area contributed by atoms with Crippen LogP contribution in [0.4, 0.5) is 8.78 Å². The first-order valence-electron chi connectivity index (χ1n) is 13.3. The molecule has 3 aromatic rings. The molecule has 11 heteroatoms. The Balaban J connectivity index is 0.00000172. The normalized spacial score (nSPS) is 15.6. The van der Waals surface area contributed by atoms with Crippen LogP contribution in [0.5, 0.6) is 11.5 Å². The van der Waals surface area contributed by atoms with Crippen LogP contribution in [0.2, 0.25) is 0 Å². The summed E-state index contributed by atoms with van der Waals surface area (Å²) in [6.45, 7) is 4.78. The second kappa shape index (κ2) is 13.5. The van der Waals surface area contributed by atoms with Gasteiger partial charge in [-0.1, -0.05) is 13.8 Å². The maximum Gasteiger partial charge on any atom is 0.387 e. The number of benzene rings is 1. The van der Waals surface area contributed by atoms with E-state index in [2.05, 4.69) is 19.6 Å². The van der Waals surface area contributed by atoms with E-state index in [1.807, 2.05) is 26.0 Å². The zero-order valence-electron chi connectivity index (χ0n) is 22.3. The summed E-state index contributed by atoms with van der Waals surface area (Å²) in [5.74, 6) is 0.721. The van der Waals surface area contributed by atoms with Crippen LogP contribution in [0.1, 0.15) is 48.5 Å². The van der Waals surface area contributed by atoms with Gasteiger partial charge in [-0.2, -0.15) is 8.78 Å². The number of nitrogens with zero attached hydrogens (tertiary/aromatic N) is 4. The van der Waals surface area contributed by atoms with E-state index in [0.29, 0.717) is 31.2 Å². The monoisotopic (exact) mass is 543 g/mol. The maximum atomic E-state index is 13.3. The standard InChI is InChI=1S/C26H29F2N5O4.C2H6/c27-26(28)37-20-4-3-19(13-21(20)35-16-18-1-2-18)24-31-23(22(14-29)36-24)25(34)33-11-9-32(10-12-33)15-17-5-7-30-8-6-17;1-2/h3-8,13,18,26H,1-2,9-12,14-16,29H2;1-2H3. The number of piperazine rings is 1. The van der Waals surface area contributed by atoms with Crippen LogP contribution in [-0.2, 0) is 13.1 Å². The van der Waals surface area contributed by atoms with Crippen LogP contribution >= 0.6 is 0 Å². The highest BCUT2D eigenvalue weighted by molar-refractivity contribution is 5.94. The first kappa shape index (κ1) is 28.4. The summed E-state index contributed by atoms with van der Waals surface area (Å²) < 4.78 is 41.9. The fourth-order valence-corrected chi connectivity index (χ4v) is 4.23. The van der Waals surface area contributed by atoms with Gasteiger partial charge in [0.1, 0.15) is 0 Å². The minimum Gasteiger partial charge on any atom is -0.489 e. The molecule has 39 heavy (non-hydrogen) atoms. The third-order valence-corrected chi connectivity index (χ3v) is 6.48. The first-order valence-corrected chi connectivity index (χ1v) is 13.3. The molecule has 0 bridgehead atoms. The lowest BCUT2D eigenvalue weighted by Gasteiger charge is -2.34. The fourth-order valence-electron chi connectivity index (χ4n) is 4.23. The summed E-state index contributed by atoms with van der Waals surface area (Å²) in [6, 6.07) is 8.44. The minimum atomic E-state index is -2.98. The molecule has 210 valence electrons. The Hall–Kier alpha value is -3.57. The second-order valence-electron chi connectivity index (χ2n) is 9.21. The number of rotatable bonds is 10. The van der Waals surface area contributed by atoms with Crippen molar-refractivity contribution in [2.24, 2.45) is 11.7 Å². The van der Waals surface area contributed by atoms with Crippen LogP contribution in [0.15, 0.2) is 47.1 Å². The van der Waals surface area contributed by atoms with Crippen molar-refractivity contribution in [1.82, 2.24) is 19.8 Å². The number of oxazole rings is 1. The van der Waals surface area contributed by atoms with Gasteiger partial charge >= 0.3 is 6.61 Å². The summed E-state index contributed by atoms with van der Waals surface area (Å²) in [6.07, 6.45) is 5.64. The molecule has 1 aliphatic heterocycles. The number of amides is 1. The number of hydrogen-bond donors (Lipinski definition) is 1. The van der Waals surface area contributed by atoms with Gasteiger partial charge in [0, 0.05) is 50.7 Å². The van der Waals surface area contributed by atoms with Gasteiger partial charge < -0.3 is 24.5 Å². The Bertz CT molecular complexity index is 1210. The van der Waals surface area contributed by atoms with Crippen molar-refractivity contribution in [1.29, 1.82) is 0 Å². The van der Waals surface area contributed by atoms with E-state index in [0.717, 1.165) is 32.5 Å². The molecular weight excluding hydrogens is 508 g/mol. The fraction of sp³-hybridized carbons (Fsp3) is 0.464. The number of nitrogens with two attached hydrogens (primary N) is 1. The van der Waals surface area contributed by atoms with E-state index in [9.17, 15) is 13.6 Å². The van der Waals surface area contributed by atoms with Crippen LogP contribution in [0, 0.1) is 5.92 Å². The number of hydrogen-bond acceptors (Lipinski definition) is 8. The van der Waals surface area contributed by atoms with E-state index in [1.165, 1.54) is 11.6 Å². The van der Waals surface area contributed by atoms with Crippen LogP contribution in [0.3, 0.4) is 0 Å². The van der Waals surface area contributed by atoms with Crippen molar-refractivity contribution in [2.45, 2.75) is 46.4 Å². The highest BCUT2D eigenvalue weighted by Crippen LogP contribution is 2.36. The van der Waals surface area contributed by atoms with Crippen molar-refractivity contribution >= 4 is 5.91 Å². The van der Waals surface area contributed by atoms with Gasteiger partial charge in [0.05, 0.1) is 13.2 Å². The zero-order chi connectivity index (χ0) is 27.8. The van der Waals surface area contributed by atoms with Crippen molar-refractivity contribution in [3.63, 3.8) is 0 Å². The Kier molecular flexibility index (Phi) is 9.83. The van der Waals surface area contributed by atoms with E-state index in [4.69, 9.17) is 14.9 Å². The molecule has 0 atom stereocenters. The summed E-state index contributed by atoms with van der Waals surface area (Å²) in [4.78, 5) is 25.8. The Morgan fingerprint density at radius 3 is 2.46 bits per heavy atom. The van der Waals surface area contributed by atoms with Crippen molar-refractivity contribution in [2.75, 3.05) is 32.8 Å². The van der Waals surface area contributed by atoms with Gasteiger partial charge in [0.2, 0.25) is 5.89 Å². The molecule has 1 aliphatic carbocycles. The van der Waals surface area contributed by atoms with Crippen LogP contribution < -0.4 is 15.2 Å². The largest absolute Gasteiger partial charge is 0.489 e. The highest BCUT2D eigenvalue weighted by Gasteiger charge is 2.28. The lowest BCUT2D eigenvalue weighted by Crippen LogP contribution is -2.48. The summed E-state index contributed by atoms with van der Waals surface area (Å²) >= 11 is 0. The number of carbonyl (C=O) groups excluding carboxylic acids is 1.